The predicted molar refractivity (Wildman–Crippen MR) is 92.6 cm³/mol. The largest absolute Gasteiger partial charge is 1.00 e. The van der Waals surface area contributed by atoms with Gasteiger partial charge in [-0.3, -0.25) is 0 Å². The summed E-state index contributed by atoms with van der Waals surface area (Å²) >= 11 is 0. The first-order chi connectivity index (χ1) is 11.4. The number of ether oxygens (including phenoxy) is 1. The Labute approximate surface area is 171 Å². The molecule has 2 aromatic rings. The third kappa shape index (κ3) is 6.55. The molecule has 0 aliphatic carbocycles. The number of aliphatic hydroxyl groups is 2. The van der Waals surface area contributed by atoms with Crippen molar-refractivity contribution in [1.82, 2.24) is 5.32 Å². The zero-order valence-corrected chi connectivity index (χ0v) is 16.9. The summed E-state index contributed by atoms with van der Waals surface area (Å²) in [4.78, 5) is 11.4. The number of nitrogens with one attached hydrogen (secondary N) is 1. The summed E-state index contributed by atoms with van der Waals surface area (Å²) in [6, 6.07) is 15.9. The first-order valence-corrected chi connectivity index (χ1v) is 7.83. The molecular formula is C19H24NNaO4. The van der Waals surface area contributed by atoms with E-state index in [0.29, 0.717) is 17.5 Å². The fourth-order valence-electron chi connectivity index (χ4n) is 2.44. The van der Waals surface area contributed by atoms with Gasteiger partial charge in [0, 0.05) is 11.6 Å². The van der Waals surface area contributed by atoms with Gasteiger partial charge >= 0.3 is 35.5 Å². The van der Waals surface area contributed by atoms with Gasteiger partial charge in [-0.25, -0.2) is 4.79 Å². The molecule has 1 atom stereocenters. The number of hydrogen-bond acceptors (Lipinski definition) is 5. The third-order valence-corrected chi connectivity index (χ3v) is 3.85. The number of benzene rings is 2. The molecule has 0 aromatic heterocycles. The molecule has 1 unspecified atom stereocenters. The molecule has 2 aromatic carbocycles. The van der Waals surface area contributed by atoms with Gasteiger partial charge in [0.25, 0.3) is 0 Å². The second kappa shape index (κ2) is 10.1. The molecule has 0 spiro atoms. The van der Waals surface area contributed by atoms with Crippen LogP contribution in [0.25, 0.3) is 0 Å². The van der Waals surface area contributed by atoms with Crippen molar-refractivity contribution in [2.75, 3.05) is 13.7 Å². The summed E-state index contributed by atoms with van der Waals surface area (Å²) in [5.41, 5.74) is 2.01. The van der Waals surface area contributed by atoms with Gasteiger partial charge in [-0.05, 0) is 31.0 Å². The van der Waals surface area contributed by atoms with Crippen molar-refractivity contribution in [2.45, 2.75) is 25.2 Å². The summed E-state index contributed by atoms with van der Waals surface area (Å²) in [6.07, 6.45) is 0.701. The first-order valence-electron chi connectivity index (χ1n) is 7.83. The summed E-state index contributed by atoms with van der Waals surface area (Å²) in [6.45, 7) is 1.99. The maximum Gasteiger partial charge on any atom is 1.00 e. The van der Waals surface area contributed by atoms with Crippen LogP contribution in [0.1, 0.15) is 29.8 Å². The van der Waals surface area contributed by atoms with E-state index in [9.17, 15) is 15.0 Å². The molecule has 0 saturated carbocycles. The van der Waals surface area contributed by atoms with E-state index < -0.39 is 5.79 Å². The van der Waals surface area contributed by atoms with Crippen LogP contribution in [0.3, 0.4) is 0 Å². The summed E-state index contributed by atoms with van der Waals surface area (Å²) < 4.78 is 4.67. The molecule has 6 heteroatoms. The Morgan fingerprint density at radius 3 is 2.32 bits per heavy atom. The number of esters is 1. The maximum absolute atomic E-state index is 11.4. The van der Waals surface area contributed by atoms with Crippen LogP contribution < -0.4 is 34.9 Å². The van der Waals surface area contributed by atoms with Gasteiger partial charge in [0.15, 0.2) is 0 Å². The number of hydrogen-bond donors (Lipinski definition) is 3. The average Bonchev–Trinajstić information content (AvgIpc) is 2.61. The number of carbonyl (C=O) groups is 1. The normalized spacial score (nSPS) is 12.2. The minimum atomic E-state index is -1.91. The zero-order valence-electron chi connectivity index (χ0n) is 15.9. The van der Waals surface area contributed by atoms with Crippen molar-refractivity contribution < 1.29 is 50.7 Å². The van der Waals surface area contributed by atoms with Crippen molar-refractivity contribution in [3.8, 4) is 0 Å². The van der Waals surface area contributed by atoms with Crippen LogP contribution in [0.4, 0.5) is 0 Å². The van der Waals surface area contributed by atoms with Crippen molar-refractivity contribution >= 4 is 5.97 Å². The quantitative estimate of drug-likeness (QED) is 0.336. The molecule has 0 aliphatic heterocycles. The summed E-state index contributed by atoms with van der Waals surface area (Å²) in [5.74, 6) is -2.27. The molecule has 0 fully saturated rings. The van der Waals surface area contributed by atoms with Gasteiger partial charge in [-0.1, -0.05) is 42.5 Å². The SMILES string of the molecule is COC(=O)c1ccc(CC(C)NCC(O)(O)c2ccccc2)cc1.[H-].[Na+]. The number of carbonyl (C=O) groups excluding carboxylic acids is 1. The molecule has 3 N–H and O–H groups in total. The van der Waals surface area contributed by atoms with Crippen molar-refractivity contribution in [2.24, 2.45) is 0 Å². The van der Waals surface area contributed by atoms with E-state index in [0.717, 1.165) is 5.56 Å². The van der Waals surface area contributed by atoms with Crippen molar-refractivity contribution in [3.63, 3.8) is 0 Å². The first kappa shape index (κ1) is 21.8. The van der Waals surface area contributed by atoms with Crippen LogP contribution in [0.15, 0.2) is 54.6 Å². The van der Waals surface area contributed by atoms with E-state index in [-0.39, 0.29) is 49.5 Å². The minimum absolute atomic E-state index is 0. The topological polar surface area (TPSA) is 78.8 Å². The van der Waals surface area contributed by atoms with Gasteiger partial charge in [0.05, 0.1) is 19.2 Å². The monoisotopic (exact) mass is 353 g/mol. The second-order valence-electron chi connectivity index (χ2n) is 5.86. The fourth-order valence-corrected chi connectivity index (χ4v) is 2.44. The summed E-state index contributed by atoms with van der Waals surface area (Å²) in [7, 11) is 1.35. The molecule has 0 bridgehead atoms. The van der Waals surface area contributed by atoms with Gasteiger partial charge < -0.3 is 21.7 Å². The van der Waals surface area contributed by atoms with E-state index in [1.165, 1.54) is 7.11 Å². The van der Waals surface area contributed by atoms with Crippen molar-refractivity contribution in [1.29, 1.82) is 0 Å². The molecule has 0 aliphatic rings. The molecule has 25 heavy (non-hydrogen) atoms. The predicted octanol–water partition coefficient (Wildman–Crippen LogP) is -1.05. The van der Waals surface area contributed by atoms with E-state index in [1.54, 1.807) is 36.4 Å². The summed E-state index contributed by atoms with van der Waals surface area (Å²) in [5, 5.41) is 23.5. The third-order valence-electron chi connectivity index (χ3n) is 3.85. The standard InChI is InChI=1S/C19H23NO4.Na.H/c1-14(12-15-8-10-16(11-9-15)18(21)24-2)20-13-19(22,23)17-6-4-3-5-7-17;;/h3-11,14,20,22-23H,12-13H2,1-2H3;;/q;+1;-1. The molecule has 0 radical (unpaired) electrons. The molecule has 0 saturated heterocycles. The average molecular weight is 353 g/mol. The Hall–Kier alpha value is -1.21. The van der Waals surface area contributed by atoms with Crippen LogP contribution in [-0.4, -0.2) is 35.9 Å². The molecule has 5 nitrogen and oxygen atoms in total. The number of rotatable bonds is 7. The van der Waals surface area contributed by atoms with E-state index in [4.69, 9.17) is 0 Å². The molecule has 2 rings (SSSR count). The fraction of sp³-hybridized carbons (Fsp3) is 0.316. The van der Waals surface area contributed by atoms with Crippen molar-refractivity contribution in [3.05, 3.63) is 71.3 Å². The van der Waals surface area contributed by atoms with Gasteiger partial charge in [0.1, 0.15) is 0 Å². The maximum atomic E-state index is 11.4. The van der Waals surface area contributed by atoms with Crippen LogP contribution in [-0.2, 0) is 16.9 Å². The molecular weight excluding hydrogens is 329 g/mol. The van der Waals surface area contributed by atoms with E-state index in [2.05, 4.69) is 10.1 Å². The van der Waals surface area contributed by atoms with Crippen LogP contribution in [0.2, 0.25) is 0 Å². The van der Waals surface area contributed by atoms with Gasteiger partial charge in [0.2, 0.25) is 5.79 Å². The van der Waals surface area contributed by atoms with Crippen LogP contribution in [0.5, 0.6) is 0 Å². The number of methoxy groups -OCH3 is 1. The minimum Gasteiger partial charge on any atom is -1.00 e. The Morgan fingerprint density at radius 2 is 1.76 bits per heavy atom. The molecule has 0 heterocycles. The van der Waals surface area contributed by atoms with Gasteiger partial charge in [-0.2, -0.15) is 0 Å². The molecule has 130 valence electrons. The Kier molecular flexibility index (Phi) is 8.79. The smallest absolute Gasteiger partial charge is 1.00 e. The zero-order chi connectivity index (χ0) is 17.6. The Bertz CT molecular complexity index is 665. The van der Waals surface area contributed by atoms with Crippen LogP contribution >= 0.6 is 0 Å². The Morgan fingerprint density at radius 1 is 1.16 bits per heavy atom. The Balaban J connectivity index is 0.00000312. The van der Waals surface area contributed by atoms with Crippen LogP contribution in [0, 0.1) is 0 Å². The van der Waals surface area contributed by atoms with E-state index in [1.807, 2.05) is 25.1 Å². The second-order valence-corrected chi connectivity index (χ2v) is 5.86. The molecule has 0 amide bonds. The van der Waals surface area contributed by atoms with Gasteiger partial charge in [-0.15, -0.1) is 0 Å². The van der Waals surface area contributed by atoms with E-state index >= 15 is 0 Å².